The van der Waals surface area contributed by atoms with E-state index >= 15 is 0 Å². The van der Waals surface area contributed by atoms with Gasteiger partial charge in [0, 0.05) is 11.4 Å². The molecule has 5 heteroatoms. The smallest absolute Gasteiger partial charge is 0.330 e. The van der Waals surface area contributed by atoms with E-state index in [0.717, 1.165) is 5.56 Å². The van der Waals surface area contributed by atoms with Crippen molar-refractivity contribution in [1.29, 1.82) is 0 Å². The molecule has 20 heavy (non-hydrogen) atoms. The number of benzene rings is 1. The molecule has 4 nitrogen and oxygen atoms in total. The lowest BCUT2D eigenvalue weighted by Crippen LogP contribution is -2.35. The van der Waals surface area contributed by atoms with Crippen molar-refractivity contribution in [3.05, 3.63) is 35.9 Å². The predicted molar refractivity (Wildman–Crippen MR) is 79.3 cm³/mol. The summed E-state index contributed by atoms with van der Waals surface area (Å²) in [5, 5.41) is 0. The first-order chi connectivity index (χ1) is 9.38. The van der Waals surface area contributed by atoms with Crippen LogP contribution in [-0.2, 0) is 20.9 Å². The van der Waals surface area contributed by atoms with Crippen LogP contribution in [0.1, 0.15) is 39.3 Å². The van der Waals surface area contributed by atoms with Gasteiger partial charge >= 0.3 is 5.97 Å². The lowest BCUT2D eigenvalue weighted by Gasteiger charge is -2.24. The molecule has 0 bridgehead atoms. The fourth-order valence-electron chi connectivity index (χ4n) is 2.17. The maximum atomic E-state index is 12.6. The molecule has 0 spiro atoms. The highest BCUT2D eigenvalue weighted by Gasteiger charge is 2.64. The zero-order chi connectivity index (χ0) is 14.9. The van der Waals surface area contributed by atoms with E-state index in [1.54, 1.807) is 11.2 Å². The van der Waals surface area contributed by atoms with Crippen LogP contribution < -0.4 is 0 Å². The Bertz CT molecular complexity index is 472. The molecular weight excluding hydrogens is 274 g/mol. The maximum Gasteiger partial charge on any atom is 0.330 e. The molecule has 2 unspecified atom stereocenters. The van der Waals surface area contributed by atoms with Crippen LogP contribution in [0.15, 0.2) is 30.3 Å². The molecular formula is C15H21NO3S. The number of hydrogen-bond donors (Lipinski definition) is 0. The normalized spacial score (nSPS) is 26.9. The van der Waals surface area contributed by atoms with E-state index in [1.807, 2.05) is 51.1 Å². The Morgan fingerprint density at radius 1 is 1.35 bits per heavy atom. The van der Waals surface area contributed by atoms with Gasteiger partial charge in [0.1, 0.15) is 10.8 Å². The molecule has 0 N–H and O–H groups in total. The Kier molecular flexibility index (Phi) is 4.42. The van der Waals surface area contributed by atoms with Gasteiger partial charge in [-0.05, 0) is 33.3 Å². The molecule has 1 saturated heterocycles. The lowest BCUT2D eigenvalue weighted by atomic mass is 10.1. The van der Waals surface area contributed by atoms with E-state index < -0.39 is 22.2 Å². The number of esters is 1. The lowest BCUT2D eigenvalue weighted by molar-refractivity contribution is -0.143. The van der Waals surface area contributed by atoms with Crippen LogP contribution in [0, 0.1) is 0 Å². The molecule has 0 aromatic heterocycles. The van der Waals surface area contributed by atoms with Crippen molar-refractivity contribution in [2.24, 2.45) is 0 Å². The average molecular weight is 295 g/mol. The van der Waals surface area contributed by atoms with Crippen molar-refractivity contribution in [2.45, 2.75) is 44.5 Å². The standard InChI is InChI=1S/C15H21NO3S/c1-5-19-14(17)13-12(11-9-7-6-8-10-11)16(13)20(18)15(2,3)4/h6-10,12-13H,5H2,1-4H3/t12-,13-,16?,20?/m0/s1. The van der Waals surface area contributed by atoms with Crippen molar-refractivity contribution >= 4 is 17.3 Å². The minimum absolute atomic E-state index is 0.143. The molecule has 1 aromatic carbocycles. The van der Waals surface area contributed by atoms with Gasteiger partial charge in [0.25, 0.3) is 0 Å². The molecule has 1 heterocycles. The van der Waals surface area contributed by atoms with Gasteiger partial charge in [-0.1, -0.05) is 30.3 Å². The van der Waals surface area contributed by atoms with Crippen molar-refractivity contribution in [2.75, 3.05) is 6.61 Å². The van der Waals surface area contributed by atoms with Gasteiger partial charge in [0.15, 0.2) is 6.04 Å². The van der Waals surface area contributed by atoms with Crippen LogP contribution in [-0.4, -0.2) is 32.2 Å². The third kappa shape index (κ3) is 3.00. The molecule has 1 fully saturated rings. The zero-order valence-electron chi connectivity index (χ0n) is 12.3. The van der Waals surface area contributed by atoms with E-state index in [2.05, 4.69) is 0 Å². The molecule has 1 aliphatic rings. The number of rotatable bonds is 4. The number of hydrogen-bond acceptors (Lipinski definition) is 4. The molecule has 1 aliphatic heterocycles. The summed E-state index contributed by atoms with van der Waals surface area (Å²) in [5.74, 6) is -0.293. The second-order valence-corrected chi connectivity index (χ2v) is 7.92. The van der Waals surface area contributed by atoms with Crippen molar-refractivity contribution in [3.8, 4) is 0 Å². The van der Waals surface area contributed by atoms with Crippen LogP contribution >= 0.6 is 0 Å². The highest BCUT2D eigenvalue weighted by atomic mass is 32.2. The van der Waals surface area contributed by atoms with Gasteiger partial charge in [-0.2, -0.15) is 0 Å². The minimum atomic E-state index is -1.23. The fraction of sp³-hybridized carbons (Fsp3) is 0.533. The third-order valence-electron chi connectivity index (χ3n) is 3.14. The summed E-state index contributed by atoms with van der Waals surface area (Å²) in [6, 6.07) is 9.11. The summed E-state index contributed by atoms with van der Waals surface area (Å²) >= 11 is -1.23. The van der Waals surface area contributed by atoms with Gasteiger partial charge in [0.05, 0.1) is 6.61 Å². The van der Waals surface area contributed by atoms with E-state index in [-0.39, 0.29) is 12.0 Å². The van der Waals surface area contributed by atoms with Gasteiger partial charge in [-0.3, -0.25) is 4.79 Å². The molecule has 110 valence electrons. The molecule has 0 amide bonds. The van der Waals surface area contributed by atoms with Gasteiger partial charge in [-0.15, -0.1) is 4.31 Å². The SMILES string of the molecule is CCOC(=O)[C@@H]1[C@H](c2ccccc2)N1[S+]([O-])C(C)(C)C. The zero-order valence-corrected chi connectivity index (χ0v) is 13.1. The summed E-state index contributed by atoms with van der Waals surface area (Å²) in [4.78, 5) is 12.0. The fourth-order valence-corrected chi connectivity index (χ4v) is 3.60. The van der Waals surface area contributed by atoms with Crippen molar-refractivity contribution in [1.82, 2.24) is 4.31 Å². The van der Waals surface area contributed by atoms with E-state index in [4.69, 9.17) is 4.74 Å². The summed E-state index contributed by atoms with van der Waals surface area (Å²) in [6.45, 7) is 7.85. The van der Waals surface area contributed by atoms with Crippen LogP contribution in [0.5, 0.6) is 0 Å². The van der Waals surface area contributed by atoms with Gasteiger partial charge in [-0.25, -0.2) is 0 Å². The van der Waals surface area contributed by atoms with Crippen molar-refractivity contribution < 1.29 is 14.1 Å². The Labute approximate surface area is 123 Å². The topological polar surface area (TPSA) is 52.4 Å². The first-order valence-corrected chi connectivity index (χ1v) is 7.90. The second kappa shape index (κ2) is 5.76. The molecule has 0 aliphatic carbocycles. The first-order valence-electron chi connectivity index (χ1n) is 6.80. The monoisotopic (exact) mass is 295 g/mol. The van der Waals surface area contributed by atoms with Crippen molar-refractivity contribution in [3.63, 3.8) is 0 Å². The summed E-state index contributed by atoms with van der Waals surface area (Å²) in [6.07, 6.45) is 0. The quantitative estimate of drug-likeness (QED) is 0.486. The van der Waals surface area contributed by atoms with Gasteiger partial charge < -0.3 is 9.29 Å². The minimum Gasteiger partial charge on any atom is -0.597 e. The van der Waals surface area contributed by atoms with E-state index in [0.29, 0.717) is 6.61 Å². The molecule has 0 radical (unpaired) electrons. The summed E-state index contributed by atoms with van der Waals surface area (Å²) < 4.78 is 19.0. The molecule has 0 saturated carbocycles. The molecule has 1 aromatic rings. The predicted octanol–water partition coefficient (Wildman–Crippen LogP) is 2.44. The van der Waals surface area contributed by atoms with Crippen LogP contribution in [0.2, 0.25) is 0 Å². The largest absolute Gasteiger partial charge is 0.597 e. The second-order valence-electron chi connectivity index (χ2n) is 5.77. The number of carbonyl (C=O) groups is 1. The Hall–Kier alpha value is -1.04. The van der Waals surface area contributed by atoms with Crippen LogP contribution in [0.25, 0.3) is 0 Å². The van der Waals surface area contributed by atoms with Crippen LogP contribution in [0.4, 0.5) is 0 Å². The summed E-state index contributed by atoms with van der Waals surface area (Å²) in [7, 11) is 0. The Balaban J connectivity index is 2.22. The highest BCUT2D eigenvalue weighted by Crippen LogP contribution is 2.48. The van der Waals surface area contributed by atoms with E-state index in [1.165, 1.54) is 0 Å². The van der Waals surface area contributed by atoms with Gasteiger partial charge in [0.2, 0.25) is 0 Å². The summed E-state index contributed by atoms with van der Waals surface area (Å²) in [5.41, 5.74) is 1.00. The third-order valence-corrected chi connectivity index (χ3v) is 5.03. The Morgan fingerprint density at radius 3 is 2.45 bits per heavy atom. The number of ether oxygens (including phenoxy) is 1. The average Bonchev–Trinajstić information content (AvgIpc) is 3.13. The molecule has 4 atom stereocenters. The number of nitrogens with zero attached hydrogens (tertiary/aromatic N) is 1. The van der Waals surface area contributed by atoms with Crippen LogP contribution in [0.3, 0.4) is 0 Å². The molecule has 2 rings (SSSR count). The maximum absolute atomic E-state index is 12.6. The first kappa shape index (κ1) is 15.4. The Morgan fingerprint density at radius 2 is 1.95 bits per heavy atom. The van der Waals surface area contributed by atoms with E-state index in [9.17, 15) is 9.35 Å². The highest BCUT2D eigenvalue weighted by molar-refractivity contribution is 7.90. The number of carbonyl (C=O) groups excluding carboxylic acids is 1.